The number of hydrogen-bond donors (Lipinski definition) is 2. The Morgan fingerprint density at radius 3 is 2.35 bits per heavy atom. The van der Waals surface area contributed by atoms with Crippen molar-refractivity contribution in [1.82, 2.24) is 0 Å². The van der Waals surface area contributed by atoms with Crippen LogP contribution >= 0.6 is 0 Å². The second kappa shape index (κ2) is 4.35. The third-order valence-electron chi connectivity index (χ3n) is 3.78. The lowest BCUT2D eigenvalue weighted by atomic mass is 9.78. The van der Waals surface area contributed by atoms with Crippen LogP contribution in [0.4, 0.5) is 5.69 Å². The average molecular weight is 231 g/mol. The highest BCUT2D eigenvalue weighted by Crippen LogP contribution is 2.41. The third kappa shape index (κ3) is 2.33. The Balaban J connectivity index is 1.95. The van der Waals surface area contributed by atoms with Gasteiger partial charge in [-0.2, -0.15) is 0 Å². The molecule has 3 nitrogen and oxygen atoms in total. The van der Waals surface area contributed by atoms with E-state index in [9.17, 15) is 10.0 Å². The molecule has 1 saturated carbocycles. The van der Waals surface area contributed by atoms with Crippen LogP contribution in [0.5, 0.6) is 0 Å². The molecule has 1 heterocycles. The topological polar surface area (TPSA) is 43.7 Å². The fourth-order valence-electron chi connectivity index (χ4n) is 2.62. The maximum atomic E-state index is 9.35. The van der Waals surface area contributed by atoms with Gasteiger partial charge in [-0.15, -0.1) is 0 Å². The van der Waals surface area contributed by atoms with E-state index in [0.717, 1.165) is 18.8 Å². The van der Waals surface area contributed by atoms with E-state index in [1.54, 1.807) is 0 Å². The average Bonchev–Trinajstić information content (AvgIpc) is 3.04. The maximum Gasteiger partial charge on any atom is 0.488 e. The summed E-state index contributed by atoms with van der Waals surface area (Å²) in [7, 11) is -1.35. The number of anilines is 1. The van der Waals surface area contributed by atoms with Crippen LogP contribution in [0.1, 0.15) is 37.2 Å². The zero-order chi connectivity index (χ0) is 11.8. The Hall–Kier alpha value is -0.995. The lowest BCUT2D eigenvalue weighted by Crippen LogP contribution is -2.31. The summed E-state index contributed by atoms with van der Waals surface area (Å²) in [6.45, 7) is 2.18. The molecule has 0 aromatic heterocycles. The normalized spacial score (nSPS) is 19.8. The summed E-state index contributed by atoms with van der Waals surface area (Å²) in [5, 5.41) is 18.7. The monoisotopic (exact) mass is 231 g/mol. The van der Waals surface area contributed by atoms with Crippen molar-refractivity contribution in [1.29, 1.82) is 0 Å². The molecule has 3 rings (SSSR count). The zero-order valence-corrected chi connectivity index (χ0v) is 9.97. The van der Waals surface area contributed by atoms with Gasteiger partial charge in [-0.25, -0.2) is 0 Å². The van der Waals surface area contributed by atoms with Crippen LogP contribution in [0.2, 0.25) is 0 Å². The van der Waals surface area contributed by atoms with Crippen LogP contribution in [-0.2, 0) is 0 Å². The van der Waals surface area contributed by atoms with Crippen molar-refractivity contribution >= 4 is 18.3 Å². The zero-order valence-electron chi connectivity index (χ0n) is 9.97. The summed E-state index contributed by atoms with van der Waals surface area (Å²) in [4.78, 5) is 2.34. The summed E-state index contributed by atoms with van der Waals surface area (Å²) >= 11 is 0. The van der Waals surface area contributed by atoms with Crippen LogP contribution in [0.15, 0.2) is 18.2 Å². The molecular weight excluding hydrogens is 213 g/mol. The Morgan fingerprint density at radius 1 is 1.06 bits per heavy atom. The Bertz CT molecular complexity index is 392. The van der Waals surface area contributed by atoms with Crippen LogP contribution in [0.25, 0.3) is 0 Å². The third-order valence-corrected chi connectivity index (χ3v) is 3.78. The summed E-state index contributed by atoms with van der Waals surface area (Å²) in [6.07, 6.45) is 4.96. The van der Waals surface area contributed by atoms with Gasteiger partial charge in [0.25, 0.3) is 0 Å². The van der Waals surface area contributed by atoms with E-state index >= 15 is 0 Å². The molecule has 17 heavy (non-hydrogen) atoms. The standard InChI is InChI=1S/C13H18BNO2/c16-14(17)12-7-11(10-3-4-10)8-13(9-12)15-5-1-2-6-15/h7-10,16-17H,1-6H2. The van der Waals surface area contributed by atoms with Crippen molar-refractivity contribution in [3.63, 3.8) is 0 Å². The molecule has 1 saturated heterocycles. The smallest absolute Gasteiger partial charge is 0.423 e. The fourth-order valence-corrected chi connectivity index (χ4v) is 2.62. The van der Waals surface area contributed by atoms with Gasteiger partial charge in [0.2, 0.25) is 0 Å². The maximum absolute atomic E-state index is 9.35. The SMILES string of the molecule is OB(O)c1cc(C2CC2)cc(N2CCCC2)c1. The second-order valence-corrected chi connectivity index (χ2v) is 5.20. The van der Waals surface area contributed by atoms with Crippen LogP contribution in [-0.4, -0.2) is 30.3 Å². The molecule has 4 heteroatoms. The van der Waals surface area contributed by atoms with Crippen molar-refractivity contribution in [3.8, 4) is 0 Å². The molecule has 0 radical (unpaired) electrons. The van der Waals surface area contributed by atoms with Gasteiger partial charge in [0.05, 0.1) is 0 Å². The molecule has 1 aromatic rings. The molecule has 2 aliphatic rings. The lowest BCUT2D eigenvalue weighted by molar-refractivity contribution is 0.425. The van der Waals surface area contributed by atoms with E-state index in [2.05, 4.69) is 11.0 Å². The Kier molecular flexibility index (Phi) is 2.85. The molecule has 2 fully saturated rings. The van der Waals surface area contributed by atoms with Gasteiger partial charge in [0.15, 0.2) is 0 Å². The van der Waals surface area contributed by atoms with Gasteiger partial charge in [-0.1, -0.05) is 6.07 Å². The Labute approximate surface area is 102 Å². The summed E-state index contributed by atoms with van der Waals surface area (Å²) in [5.74, 6) is 0.648. The van der Waals surface area contributed by atoms with Crippen LogP contribution < -0.4 is 10.4 Å². The molecule has 2 N–H and O–H groups in total. The van der Waals surface area contributed by atoms with Crippen LogP contribution in [0.3, 0.4) is 0 Å². The molecular formula is C13H18BNO2. The summed E-state index contributed by atoms with van der Waals surface area (Å²) < 4.78 is 0. The minimum absolute atomic E-state index is 0.635. The first-order chi connectivity index (χ1) is 8.24. The quantitative estimate of drug-likeness (QED) is 0.758. The van der Waals surface area contributed by atoms with E-state index in [1.807, 2.05) is 12.1 Å². The molecule has 90 valence electrons. The summed E-state index contributed by atoms with van der Waals surface area (Å²) in [5.41, 5.74) is 3.07. The van der Waals surface area contributed by atoms with Crippen molar-refractivity contribution in [2.24, 2.45) is 0 Å². The molecule has 1 aromatic carbocycles. The second-order valence-electron chi connectivity index (χ2n) is 5.20. The lowest BCUT2D eigenvalue weighted by Gasteiger charge is -2.20. The van der Waals surface area contributed by atoms with E-state index in [1.165, 1.54) is 31.2 Å². The van der Waals surface area contributed by atoms with Crippen molar-refractivity contribution in [2.75, 3.05) is 18.0 Å². The molecule has 0 amide bonds. The van der Waals surface area contributed by atoms with Crippen molar-refractivity contribution in [2.45, 2.75) is 31.6 Å². The Morgan fingerprint density at radius 2 is 1.76 bits per heavy atom. The van der Waals surface area contributed by atoms with E-state index in [4.69, 9.17) is 0 Å². The van der Waals surface area contributed by atoms with Gasteiger partial charge >= 0.3 is 7.12 Å². The van der Waals surface area contributed by atoms with Crippen molar-refractivity contribution in [3.05, 3.63) is 23.8 Å². The van der Waals surface area contributed by atoms with Gasteiger partial charge in [0.1, 0.15) is 0 Å². The van der Waals surface area contributed by atoms with Crippen LogP contribution in [0, 0.1) is 0 Å². The minimum atomic E-state index is -1.35. The largest absolute Gasteiger partial charge is 0.488 e. The highest BCUT2D eigenvalue weighted by atomic mass is 16.4. The highest BCUT2D eigenvalue weighted by molar-refractivity contribution is 6.58. The molecule has 1 aliphatic heterocycles. The first kappa shape index (κ1) is 11.1. The molecule has 0 unspecified atom stereocenters. The van der Waals surface area contributed by atoms with Gasteiger partial charge in [0, 0.05) is 18.8 Å². The first-order valence-corrected chi connectivity index (χ1v) is 6.50. The predicted molar refractivity (Wildman–Crippen MR) is 69.7 cm³/mol. The molecule has 0 bridgehead atoms. The van der Waals surface area contributed by atoms with Crippen molar-refractivity contribution < 1.29 is 10.0 Å². The van der Waals surface area contributed by atoms with E-state index in [-0.39, 0.29) is 0 Å². The predicted octanol–water partition coefficient (Wildman–Crippen LogP) is 0.844. The number of hydrogen-bond acceptors (Lipinski definition) is 3. The number of rotatable bonds is 3. The highest BCUT2D eigenvalue weighted by Gasteiger charge is 2.26. The van der Waals surface area contributed by atoms with E-state index < -0.39 is 7.12 Å². The summed E-state index contributed by atoms with van der Waals surface area (Å²) in [6, 6.07) is 6.10. The van der Waals surface area contributed by atoms with Gasteiger partial charge in [-0.3, -0.25) is 0 Å². The number of benzene rings is 1. The van der Waals surface area contributed by atoms with E-state index in [0.29, 0.717) is 11.4 Å². The molecule has 0 atom stereocenters. The fraction of sp³-hybridized carbons (Fsp3) is 0.538. The first-order valence-electron chi connectivity index (χ1n) is 6.50. The van der Waals surface area contributed by atoms with Gasteiger partial charge in [-0.05, 0) is 54.8 Å². The van der Waals surface area contributed by atoms with Gasteiger partial charge < -0.3 is 14.9 Å². The minimum Gasteiger partial charge on any atom is -0.423 e. The number of nitrogens with zero attached hydrogens (tertiary/aromatic N) is 1. The molecule has 0 spiro atoms. The molecule has 1 aliphatic carbocycles.